The van der Waals surface area contributed by atoms with Gasteiger partial charge in [0.2, 0.25) is 5.79 Å². The van der Waals surface area contributed by atoms with Crippen LogP contribution in [0.4, 0.5) is 0 Å². The maximum Gasteiger partial charge on any atom is 0.209 e. The third-order valence-electron chi connectivity index (χ3n) is 5.99. The highest BCUT2D eigenvalue weighted by Gasteiger charge is 2.45. The normalized spacial score (nSPS) is 32.1. The largest absolute Gasteiger partial charge is 0.392 e. The topological polar surface area (TPSA) is 85.2 Å². The van der Waals surface area contributed by atoms with Crippen LogP contribution in [-0.2, 0) is 19.2 Å². The zero-order valence-electron chi connectivity index (χ0n) is 19.1. The summed E-state index contributed by atoms with van der Waals surface area (Å²) in [6.07, 6.45) is 12.9. The Bertz CT molecular complexity index is 859. The summed E-state index contributed by atoms with van der Waals surface area (Å²) in [5.74, 6) is -1.11. The van der Waals surface area contributed by atoms with Crippen LogP contribution >= 0.6 is 0 Å². The highest BCUT2D eigenvalue weighted by atomic mass is 17.1. The van der Waals surface area contributed by atoms with Gasteiger partial charge in [-0.2, -0.15) is 0 Å². The van der Waals surface area contributed by atoms with Gasteiger partial charge in [-0.1, -0.05) is 29.4 Å². The third kappa shape index (κ3) is 5.70. The van der Waals surface area contributed by atoms with Gasteiger partial charge in [-0.15, -0.1) is 0 Å². The molecule has 4 atom stereocenters. The number of hydrogen-bond acceptors (Lipinski definition) is 6. The number of hydrogen-bond donors (Lipinski definition) is 2. The van der Waals surface area contributed by atoms with Crippen LogP contribution in [0.25, 0.3) is 0 Å². The van der Waals surface area contributed by atoms with Crippen molar-refractivity contribution in [3.8, 4) is 0 Å². The van der Waals surface area contributed by atoms with Crippen molar-refractivity contribution < 1.29 is 29.5 Å². The molecule has 3 rings (SSSR count). The molecule has 0 amide bonds. The lowest BCUT2D eigenvalue weighted by molar-refractivity contribution is -0.297. The number of fused-ring (bicyclic) bond motifs is 1. The predicted octanol–water partition coefficient (Wildman–Crippen LogP) is 4.43. The van der Waals surface area contributed by atoms with Crippen molar-refractivity contribution >= 4 is 5.78 Å². The number of carbonyl (C=O) groups is 1. The van der Waals surface area contributed by atoms with Crippen LogP contribution < -0.4 is 0 Å². The van der Waals surface area contributed by atoms with E-state index in [4.69, 9.17) is 14.7 Å². The Labute approximate surface area is 184 Å². The second-order valence-electron chi connectivity index (χ2n) is 9.43. The molecule has 6 heteroatoms. The number of rotatable bonds is 6. The molecule has 31 heavy (non-hydrogen) atoms. The smallest absolute Gasteiger partial charge is 0.209 e. The van der Waals surface area contributed by atoms with E-state index < -0.39 is 11.4 Å². The number of carbonyl (C=O) groups excluding carboxylic acids is 1. The first-order valence-corrected chi connectivity index (χ1v) is 10.8. The molecule has 2 N–H and O–H groups in total. The van der Waals surface area contributed by atoms with Gasteiger partial charge in [-0.3, -0.25) is 10.1 Å². The first-order valence-electron chi connectivity index (χ1n) is 10.8. The van der Waals surface area contributed by atoms with Crippen molar-refractivity contribution in [3.05, 3.63) is 58.7 Å². The monoisotopic (exact) mass is 430 g/mol. The van der Waals surface area contributed by atoms with Crippen molar-refractivity contribution in [2.24, 2.45) is 5.92 Å². The second-order valence-corrected chi connectivity index (χ2v) is 9.43. The van der Waals surface area contributed by atoms with Gasteiger partial charge in [0.25, 0.3) is 0 Å². The zero-order valence-corrected chi connectivity index (χ0v) is 19.1. The van der Waals surface area contributed by atoms with E-state index in [-0.39, 0.29) is 30.5 Å². The van der Waals surface area contributed by atoms with Crippen LogP contribution in [0, 0.1) is 5.92 Å². The van der Waals surface area contributed by atoms with E-state index in [2.05, 4.69) is 17.9 Å². The number of aliphatic hydroxyl groups excluding tert-OH is 1. The Balaban J connectivity index is 1.81. The van der Waals surface area contributed by atoms with Crippen LogP contribution in [0.5, 0.6) is 0 Å². The molecule has 0 unspecified atom stereocenters. The molecule has 6 nitrogen and oxygen atoms in total. The Hall–Kier alpha value is -1.83. The summed E-state index contributed by atoms with van der Waals surface area (Å²) in [6.45, 7) is 9.31. The fourth-order valence-corrected chi connectivity index (χ4v) is 4.37. The molecular weight excluding hydrogens is 396 g/mol. The Morgan fingerprint density at radius 3 is 2.71 bits per heavy atom. The number of Topliss-reactive ketones (excluding diaryl/α,β-unsaturated/α-hetero) is 1. The summed E-state index contributed by atoms with van der Waals surface area (Å²) < 4.78 is 12.8. The average molecular weight is 431 g/mol. The fourth-order valence-electron chi connectivity index (χ4n) is 4.37. The molecule has 170 valence electrons. The van der Waals surface area contributed by atoms with E-state index in [0.29, 0.717) is 18.4 Å². The van der Waals surface area contributed by atoms with E-state index in [0.717, 1.165) is 23.1 Å². The summed E-state index contributed by atoms with van der Waals surface area (Å²) >= 11 is 0. The van der Waals surface area contributed by atoms with E-state index in [9.17, 15) is 9.90 Å². The van der Waals surface area contributed by atoms with Crippen LogP contribution in [0.1, 0.15) is 53.9 Å². The van der Waals surface area contributed by atoms with Crippen molar-refractivity contribution in [3.63, 3.8) is 0 Å². The second kappa shape index (κ2) is 9.35. The molecule has 0 aromatic heterocycles. The molecule has 0 saturated carbocycles. The molecule has 0 saturated heterocycles. The van der Waals surface area contributed by atoms with Gasteiger partial charge < -0.3 is 14.6 Å². The molecule has 0 radical (unpaired) electrons. The van der Waals surface area contributed by atoms with Crippen molar-refractivity contribution in [2.75, 3.05) is 6.61 Å². The SMILES string of the molecule is CC(=C[C@@H]1CC(C)=C[C@]2(C=C(CO)[C@H]3CC(=O)C(C)=C[C@H]3O2)O1)CC=CC(C)(C)OO. The fraction of sp³-hybridized carbons (Fsp3) is 0.560. The molecule has 1 aliphatic carbocycles. The Morgan fingerprint density at radius 1 is 1.29 bits per heavy atom. The van der Waals surface area contributed by atoms with Gasteiger partial charge in [0.05, 0.1) is 18.8 Å². The maximum absolute atomic E-state index is 12.2. The molecule has 0 fully saturated rings. The summed E-state index contributed by atoms with van der Waals surface area (Å²) in [7, 11) is 0. The number of ketones is 1. The Morgan fingerprint density at radius 2 is 2.03 bits per heavy atom. The zero-order chi connectivity index (χ0) is 22.8. The van der Waals surface area contributed by atoms with Crippen molar-refractivity contribution in [1.29, 1.82) is 0 Å². The van der Waals surface area contributed by atoms with E-state index in [1.54, 1.807) is 20.8 Å². The van der Waals surface area contributed by atoms with Gasteiger partial charge in [-0.05, 0) is 76.8 Å². The summed E-state index contributed by atoms with van der Waals surface area (Å²) in [5, 5.41) is 18.9. The van der Waals surface area contributed by atoms with Gasteiger partial charge in [0.15, 0.2) is 5.78 Å². The highest BCUT2D eigenvalue weighted by molar-refractivity contribution is 5.96. The molecule has 2 aliphatic heterocycles. The molecule has 2 heterocycles. The lowest BCUT2D eigenvalue weighted by Crippen LogP contribution is -2.49. The highest BCUT2D eigenvalue weighted by Crippen LogP contribution is 2.42. The summed E-state index contributed by atoms with van der Waals surface area (Å²) in [4.78, 5) is 16.6. The van der Waals surface area contributed by atoms with Crippen LogP contribution in [-0.4, -0.2) is 46.3 Å². The van der Waals surface area contributed by atoms with E-state index in [1.807, 2.05) is 37.3 Å². The van der Waals surface area contributed by atoms with Gasteiger partial charge in [-0.25, -0.2) is 4.89 Å². The predicted molar refractivity (Wildman–Crippen MR) is 118 cm³/mol. The van der Waals surface area contributed by atoms with Crippen molar-refractivity contribution in [1.82, 2.24) is 0 Å². The minimum Gasteiger partial charge on any atom is -0.392 e. The van der Waals surface area contributed by atoms with Gasteiger partial charge in [0, 0.05) is 12.3 Å². The van der Waals surface area contributed by atoms with Gasteiger partial charge in [0.1, 0.15) is 5.60 Å². The summed E-state index contributed by atoms with van der Waals surface area (Å²) in [6, 6.07) is 0. The van der Waals surface area contributed by atoms with E-state index in [1.165, 1.54) is 0 Å². The van der Waals surface area contributed by atoms with E-state index >= 15 is 0 Å². The third-order valence-corrected chi connectivity index (χ3v) is 5.99. The minimum atomic E-state index is -1.05. The Kier molecular flexibility index (Phi) is 7.18. The van der Waals surface area contributed by atoms with Crippen LogP contribution in [0.3, 0.4) is 0 Å². The first kappa shape index (κ1) is 23.8. The molecule has 1 spiro atoms. The maximum atomic E-state index is 12.2. The lowest BCUT2D eigenvalue weighted by Gasteiger charge is -2.45. The number of aliphatic hydroxyl groups is 1. The lowest BCUT2D eigenvalue weighted by atomic mass is 9.79. The quantitative estimate of drug-likeness (QED) is 0.368. The van der Waals surface area contributed by atoms with Gasteiger partial charge >= 0.3 is 0 Å². The van der Waals surface area contributed by atoms with Crippen molar-refractivity contribution in [2.45, 2.75) is 77.5 Å². The molecule has 0 aromatic carbocycles. The molecule has 3 aliphatic rings. The minimum absolute atomic E-state index is 0.0932. The standard InChI is InChI=1S/C25H34O6/c1-16(7-6-8-24(4,5)31-28)9-20-10-17(2)13-25(29-20)14-19(15-26)21-12-22(27)18(3)11-23(21)30-25/h6,8-9,11,13-14,20-21,23,26,28H,7,10,12,15H2,1-5H3/t20-,21-,23-,25+/m1/s1. The van der Waals surface area contributed by atoms with Crippen LogP contribution in [0.2, 0.25) is 0 Å². The number of allylic oxidation sites excluding steroid dienone is 3. The van der Waals surface area contributed by atoms with Crippen LogP contribution in [0.15, 0.2) is 58.7 Å². The molecular formula is C25H34O6. The molecule has 0 bridgehead atoms. The average Bonchev–Trinajstić information content (AvgIpc) is 2.68. The molecule has 0 aromatic rings. The first-order chi connectivity index (χ1) is 14.6. The number of ether oxygens (including phenoxy) is 2. The summed E-state index contributed by atoms with van der Waals surface area (Å²) in [5.41, 5.74) is 3.02.